The van der Waals surface area contributed by atoms with Gasteiger partial charge in [0.25, 0.3) is 0 Å². The maximum Gasteiger partial charge on any atom is 0.242 e. The van der Waals surface area contributed by atoms with Crippen LogP contribution in [0, 0.1) is 0 Å². The molecule has 0 aliphatic carbocycles. The van der Waals surface area contributed by atoms with Crippen LogP contribution in [0.1, 0.15) is 12.5 Å². The fourth-order valence-electron chi connectivity index (χ4n) is 1.80. The van der Waals surface area contributed by atoms with E-state index in [1.165, 1.54) is 0 Å². The number of carbonyl (C=O) groups excluding carboxylic acids is 1. The van der Waals surface area contributed by atoms with Crippen molar-refractivity contribution in [2.24, 2.45) is 0 Å². The highest BCUT2D eigenvalue weighted by Gasteiger charge is 2.11. The molecule has 20 heavy (non-hydrogen) atoms. The van der Waals surface area contributed by atoms with Crippen molar-refractivity contribution in [3.63, 3.8) is 0 Å². The lowest BCUT2D eigenvalue weighted by Gasteiger charge is -2.15. The average molecular weight is 333 g/mol. The van der Waals surface area contributed by atoms with Crippen molar-refractivity contribution < 1.29 is 4.79 Å². The molecule has 2 N–H and O–H groups in total. The van der Waals surface area contributed by atoms with Crippen LogP contribution >= 0.6 is 15.9 Å². The quantitative estimate of drug-likeness (QED) is 0.878. The molecule has 2 aromatic rings. The molecule has 0 bridgehead atoms. The summed E-state index contributed by atoms with van der Waals surface area (Å²) in [6.45, 7) is 2.40. The minimum absolute atomic E-state index is 0.0169. The number of carbonyl (C=O) groups is 1. The Kier molecular flexibility index (Phi) is 5.18. The van der Waals surface area contributed by atoms with E-state index in [1.54, 1.807) is 0 Å². The molecule has 0 aliphatic rings. The van der Waals surface area contributed by atoms with Crippen LogP contribution in [0.2, 0.25) is 0 Å². The van der Waals surface area contributed by atoms with Gasteiger partial charge in [-0.05, 0) is 36.8 Å². The summed E-state index contributed by atoms with van der Waals surface area (Å²) >= 11 is 3.38. The lowest BCUT2D eigenvalue weighted by atomic mass is 10.2. The number of anilines is 1. The van der Waals surface area contributed by atoms with Gasteiger partial charge in [-0.3, -0.25) is 4.79 Å². The zero-order chi connectivity index (χ0) is 14.4. The van der Waals surface area contributed by atoms with E-state index in [2.05, 4.69) is 26.6 Å². The van der Waals surface area contributed by atoms with Crippen molar-refractivity contribution in [1.82, 2.24) is 5.32 Å². The molecule has 0 spiro atoms. The molecule has 0 heterocycles. The number of halogens is 1. The molecule has 0 aliphatic heterocycles. The van der Waals surface area contributed by atoms with E-state index in [1.807, 2.05) is 61.5 Å². The first-order valence-electron chi connectivity index (χ1n) is 6.49. The highest BCUT2D eigenvalue weighted by atomic mass is 79.9. The molecule has 0 saturated carbocycles. The van der Waals surface area contributed by atoms with Gasteiger partial charge in [0.15, 0.2) is 0 Å². The van der Waals surface area contributed by atoms with Crippen LogP contribution in [-0.4, -0.2) is 11.9 Å². The van der Waals surface area contributed by atoms with Crippen LogP contribution in [0.25, 0.3) is 0 Å². The third kappa shape index (κ3) is 4.38. The first-order chi connectivity index (χ1) is 9.65. The van der Waals surface area contributed by atoms with Gasteiger partial charge in [-0.15, -0.1) is 0 Å². The summed E-state index contributed by atoms with van der Waals surface area (Å²) in [6, 6.07) is 17.4. The predicted molar refractivity (Wildman–Crippen MR) is 85.5 cm³/mol. The highest BCUT2D eigenvalue weighted by Crippen LogP contribution is 2.14. The highest BCUT2D eigenvalue weighted by molar-refractivity contribution is 9.10. The van der Waals surface area contributed by atoms with E-state index in [0.29, 0.717) is 6.54 Å². The Morgan fingerprint density at radius 2 is 1.75 bits per heavy atom. The van der Waals surface area contributed by atoms with Crippen LogP contribution in [0.3, 0.4) is 0 Å². The Morgan fingerprint density at radius 3 is 2.40 bits per heavy atom. The molecule has 3 nitrogen and oxygen atoms in total. The van der Waals surface area contributed by atoms with Crippen LogP contribution in [0.5, 0.6) is 0 Å². The van der Waals surface area contributed by atoms with Crippen molar-refractivity contribution in [2.45, 2.75) is 19.5 Å². The summed E-state index contributed by atoms with van der Waals surface area (Å²) in [5, 5.41) is 6.09. The van der Waals surface area contributed by atoms with Crippen LogP contribution < -0.4 is 10.6 Å². The van der Waals surface area contributed by atoms with Crippen LogP contribution in [0.4, 0.5) is 5.69 Å². The third-order valence-electron chi connectivity index (χ3n) is 2.93. The molecule has 1 unspecified atom stereocenters. The number of hydrogen-bond donors (Lipinski definition) is 2. The summed E-state index contributed by atoms with van der Waals surface area (Å²) in [7, 11) is 0. The second-order valence-electron chi connectivity index (χ2n) is 4.58. The Morgan fingerprint density at radius 1 is 1.10 bits per heavy atom. The standard InChI is InChI=1S/C16H17BrN2O/c1-12(19-15-9-7-14(17)8-10-15)16(20)18-11-13-5-3-2-4-6-13/h2-10,12,19H,11H2,1H3,(H,18,20). The summed E-state index contributed by atoms with van der Waals surface area (Å²) < 4.78 is 1.02. The van der Waals surface area contributed by atoms with Gasteiger partial charge in [-0.2, -0.15) is 0 Å². The largest absolute Gasteiger partial charge is 0.374 e. The number of nitrogens with one attached hydrogen (secondary N) is 2. The number of rotatable bonds is 5. The van der Waals surface area contributed by atoms with Crippen molar-refractivity contribution >= 4 is 27.5 Å². The smallest absolute Gasteiger partial charge is 0.242 e. The zero-order valence-corrected chi connectivity index (χ0v) is 12.9. The Bertz CT molecular complexity index is 554. The molecule has 2 rings (SSSR count). The fourth-order valence-corrected chi connectivity index (χ4v) is 2.06. The SMILES string of the molecule is CC(Nc1ccc(Br)cc1)C(=O)NCc1ccccc1. The molecule has 4 heteroatoms. The minimum atomic E-state index is -0.278. The fraction of sp³-hybridized carbons (Fsp3) is 0.188. The normalized spacial score (nSPS) is 11.7. The molecule has 1 atom stereocenters. The summed E-state index contributed by atoms with van der Waals surface area (Å²) in [5.74, 6) is -0.0169. The molecule has 0 fully saturated rings. The number of hydrogen-bond acceptors (Lipinski definition) is 2. The summed E-state index contributed by atoms with van der Waals surface area (Å²) in [5.41, 5.74) is 2.02. The van der Waals surface area contributed by atoms with Gasteiger partial charge in [0.1, 0.15) is 6.04 Å². The minimum Gasteiger partial charge on any atom is -0.374 e. The molecule has 0 saturated heterocycles. The van der Waals surface area contributed by atoms with E-state index in [-0.39, 0.29) is 11.9 Å². The third-order valence-corrected chi connectivity index (χ3v) is 3.46. The molecular formula is C16H17BrN2O. The number of benzene rings is 2. The van der Waals surface area contributed by atoms with E-state index in [4.69, 9.17) is 0 Å². The molecule has 104 valence electrons. The lowest BCUT2D eigenvalue weighted by molar-refractivity contribution is -0.121. The van der Waals surface area contributed by atoms with Crippen molar-refractivity contribution in [2.75, 3.05) is 5.32 Å². The van der Waals surface area contributed by atoms with Crippen LogP contribution in [-0.2, 0) is 11.3 Å². The van der Waals surface area contributed by atoms with Gasteiger partial charge >= 0.3 is 0 Å². The van der Waals surface area contributed by atoms with Crippen molar-refractivity contribution in [3.8, 4) is 0 Å². The Labute approximate surface area is 127 Å². The van der Waals surface area contributed by atoms with E-state index < -0.39 is 0 Å². The zero-order valence-electron chi connectivity index (χ0n) is 11.3. The second kappa shape index (κ2) is 7.10. The molecule has 0 aromatic heterocycles. The monoisotopic (exact) mass is 332 g/mol. The van der Waals surface area contributed by atoms with Crippen LogP contribution in [0.15, 0.2) is 59.1 Å². The Balaban J connectivity index is 1.84. The van der Waals surface area contributed by atoms with Gasteiger partial charge in [0, 0.05) is 16.7 Å². The molecular weight excluding hydrogens is 316 g/mol. The van der Waals surface area contributed by atoms with Gasteiger partial charge in [0.2, 0.25) is 5.91 Å². The predicted octanol–water partition coefficient (Wildman–Crippen LogP) is 3.57. The summed E-state index contributed by atoms with van der Waals surface area (Å²) in [6.07, 6.45) is 0. The van der Waals surface area contributed by atoms with Gasteiger partial charge < -0.3 is 10.6 Å². The average Bonchev–Trinajstić information content (AvgIpc) is 2.48. The molecule has 0 radical (unpaired) electrons. The summed E-state index contributed by atoms with van der Waals surface area (Å²) in [4.78, 5) is 12.0. The first-order valence-corrected chi connectivity index (χ1v) is 7.28. The lowest BCUT2D eigenvalue weighted by Crippen LogP contribution is -2.37. The van der Waals surface area contributed by atoms with Gasteiger partial charge in [-0.25, -0.2) is 0 Å². The second-order valence-corrected chi connectivity index (χ2v) is 5.49. The Hall–Kier alpha value is -1.81. The van der Waals surface area contributed by atoms with E-state index in [0.717, 1.165) is 15.7 Å². The van der Waals surface area contributed by atoms with E-state index in [9.17, 15) is 4.79 Å². The molecule has 1 amide bonds. The van der Waals surface area contributed by atoms with Crippen molar-refractivity contribution in [3.05, 3.63) is 64.6 Å². The number of amides is 1. The topological polar surface area (TPSA) is 41.1 Å². The van der Waals surface area contributed by atoms with Gasteiger partial charge in [0.05, 0.1) is 0 Å². The maximum atomic E-state index is 12.0. The first kappa shape index (κ1) is 14.6. The maximum absolute atomic E-state index is 12.0. The van der Waals surface area contributed by atoms with E-state index >= 15 is 0 Å². The molecule has 2 aromatic carbocycles. The van der Waals surface area contributed by atoms with Crippen molar-refractivity contribution in [1.29, 1.82) is 0 Å². The van der Waals surface area contributed by atoms with Gasteiger partial charge in [-0.1, -0.05) is 46.3 Å².